The van der Waals surface area contributed by atoms with Gasteiger partial charge in [-0.05, 0) is 38.5 Å². The van der Waals surface area contributed by atoms with Gasteiger partial charge in [0.1, 0.15) is 0 Å². The van der Waals surface area contributed by atoms with E-state index in [0.717, 1.165) is 5.56 Å². The molecule has 9 heteroatoms. The van der Waals surface area contributed by atoms with E-state index in [1.807, 2.05) is 20.8 Å². The van der Waals surface area contributed by atoms with Gasteiger partial charge in [-0.25, -0.2) is 9.79 Å². The molecule has 4 N–H and O–H groups in total. The van der Waals surface area contributed by atoms with Gasteiger partial charge < -0.3 is 21.3 Å². The topological polar surface area (TPSA) is 77.5 Å². The van der Waals surface area contributed by atoms with Crippen molar-refractivity contribution >= 4 is 17.7 Å². The van der Waals surface area contributed by atoms with Gasteiger partial charge in [0, 0.05) is 24.8 Å². The molecule has 1 aromatic carbocycles. The fourth-order valence-electron chi connectivity index (χ4n) is 1.96. The number of anilines is 1. The largest absolute Gasteiger partial charge is 0.390 e. The van der Waals surface area contributed by atoms with E-state index in [0.29, 0.717) is 24.7 Å². The monoisotopic (exact) mass is 373 g/mol. The van der Waals surface area contributed by atoms with Crippen LogP contribution in [0.1, 0.15) is 32.8 Å². The van der Waals surface area contributed by atoms with Crippen LogP contribution in [0.4, 0.5) is 23.7 Å². The number of carbonyl (C=O) groups is 1. The molecule has 0 atom stereocenters. The molecule has 0 spiro atoms. The van der Waals surface area contributed by atoms with E-state index in [4.69, 9.17) is 0 Å². The number of urea groups is 1. The van der Waals surface area contributed by atoms with Crippen LogP contribution in [0.15, 0.2) is 29.3 Å². The zero-order valence-corrected chi connectivity index (χ0v) is 15.2. The Balaban J connectivity index is 2.56. The number of guanidine groups is 1. The van der Waals surface area contributed by atoms with Crippen LogP contribution < -0.4 is 21.3 Å². The van der Waals surface area contributed by atoms with Gasteiger partial charge in [-0.2, -0.15) is 13.2 Å². The number of rotatable bonds is 7. The molecule has 0 heterocycles. The third-order valence-electron chi connectivity index (χ3n) is 3.10. The molecule has 0 aliphatic heterocycles. The first-order valence-electron chi connectivity index (χ1n) is 8.45. The van der Waals surface area contributed by atoms with Crippen LogP contribution >= 0.6 is 0 Å². The molecule has 26 heavy (non-hydrogen) atoms. The highest BCUT2D eigenvalue weighted by molar-refractivity contribution is 5.89. The number of hydrogen-bond acceptors (Lipinski definition) is 2. The van der Waals surface area contributed by atoms with Gasteiger partial charge >= 0.3 is 12.2 Å². The van der Waals surface area contributed by atoms with Gasteiger partial charge in [0.05, 0.1) is 13.0 Å². The van der Waals surface area contributed by atoms with E-state index in [-0.39, 0.29) is 18.6 Å². The van der Waals surface area contributed by atoms with Crippen molar-refractivity contribution in [2.75, 3.05) is 18.4 Å². The van der Waals surface area contributed by atoms with Crippen LogP contribution in [-0.4, -0.2) is 37.3 Å². The Kier molecular flexibility index (Phi) is 8.74. The minimum absolute atomic E-state index is 0.0398. The summed E-state index contributed by atoms with van der Waals surface area (Å²) in [5, 5.41) is 11.0. The smallest absolute Gasteiger partial charge is 0.357 e. The molecule has 1 aromatic rings. The SMILES string of the molecule is CCNC(=NCc1ccc(NC(=O)NC(C)C)cc1)NCCC(F)(F)F. The van der Waals surface area contributed by atoms with E-state index in [1.54, 1.807) is 24.3 Å². The maximum Gasteiger partial charge on any atom is 0.390 e. The van der Waals surface area contributed by atoms with Crippen molar-refractivity contribution in [2.45, 2.75) is 46.0 Å². The standard InChI is InChI=1S/C17H26F3N5O/c1-4-21-15(22-10-9-17(18,19)20)23-11-13-5-7-14(8-6-13)25-16(26)24-12(2)3/h5-8,12H,4,9-11H2,1-3H3,(H2,21,22,23)(H2,24,25,26). The normalized spacial score (nSPS) is 12.0. The summed E-state index contributed by atoms with van der Waals surface area (Å²) in [4.78, 5) is 15.9. The zero-order valence-electron chi connectivity index (χ0n) is 15.2. The van der Waals surface area contributed by atoms with Crippen LogP contribution in [0.25, 0.3) is 0 Å². The number of carbonyl (C=O) groups excluding carboxylic acids is 1. The number of nitrogens with zero attached hydrogens (tertiary/aromatic N) is 1. The van der Waals surface area contributed by atoms with Crippen molar-refractivity contribution in [1.29, 1.82) is 0 Å². The molecule has 0 unspecified atom stereocenters. The van der Waals surface area contributed by atoms with Crippen LogP contribution in [0.5, 0.6) is 0 Å². The van der Waals surface area contributed by atoms with Crippen molar-refractivity contribution < 1.29 is 18.0 Å². The number of benzene rings is 1. The number of halogens is 3. The summed E-state index contributed by atoms with van der Waals surface area (Å²) in [5.41, 5.74) is 1.51. The van der Waals surface area contributed by atoms with E-state index < -0.39 is 12.6 Å². The second-order valence-corrected chi connectivity index (χ2v) is 5.94. The van der Waals surface area contributed by atoms with E-state index >= 15 is 0 Å². The Hall–Kier alpha value is -2.45. The lowest BCUT2D eigenvalue weighted by molar-refractivity contribution is -0.132. The second-order valence-electron chi connectivity index (χ2n) is 5.94. The first-order valence-corrected chi connectivity index (χ1v) is 8.45. The second kappa shape index (κ2) is 10.5. The highest BCUT2D eigenvalue weighted by atomic mass is 19.4. The Morgan fingerprint density at radius 3 is 2.35 bits per heavy atom. The number of amides is 2. The van der Waals surface area contributed by atoms with Crippen LogP contribution in [-0.2, 0) is 6.54 Å². The van der Waals surface area contributed by atoms with E-state index in [9.17, 15) is 18.0 Å². The summed E-state index contributed by atoms with van der Waals surface area (Å²) in [6, 6.07) is 6.84. The van der Waals surface area contributed by atoms with Crippen molar-refractivity contribution in [3.05, 3.63) is 29.8 Å². The van der Waals surface area contributed by atoms with Crippen molar-refractivity contribution in [1.82, 2.24) is 16.0 Å². The van der Waals surface area contributed by atoms with Gasteiger partial charge in [-0.1, -0.05) is 12.1 Å². The minimum atomic E-state index is -4.20. The molecule has 1 rings (SSSR count). The molecule has 2 amide bonds. The van der Waals surface area contributed by atoms with Crippen molar-refractivity contribution in [3.63, 3.8) is 0 Å². The molecule has 0 aromatic heterocycles. The van der Waals surface area contributed by atoms with Gasteiger partial charge in [0.2, 0.25) is 0 Å². The lowest BCUT2D eigenvalue weighted by Crippen LogP contribution is -2.38. The van der Waals surface area contributed by atoms with E-state index in [2.05, 4.69) is 26.3 Å². The van der Waals surface area contributed by atoms with Crippen LogP contribution in [0.2, 0.25) is 0 Å². The quantitative estimate of drug-likeness (QED) is 0.438. The molecule has 0 saturated carbocycles. The highest BCUT2D eigenvalue weighted by Crippen LogP contribution is 2.18. The zero-order chi connectivity index (χ0) is 19.6. The molecule has 6 nitrogen and oxygen atoms in total. The Morgan fingerprint density at radius 1 is 1.15 bits per heavy atom. The summed E-state index contributed by atoms with van der Waals surface area (Å²) in [6.07, 6.45) is -5.12. The highest BCUT2D eigenvalue weighted by Gasteiger charge is 2.26. The number of aliphatic imine (C=N–C) groups is 1. The predicted molar refractivity (Wildman–Crippen MR) is 97.2 cm³/mol. The average molecular weight is 373 g/mol. The fraction of sp³-hybridized carbons (Fsp3) is 0.529. The Labute approximate surface area is 151 Å². The number of hydrogen-bond donors (Lipinski definition) is 4. The summed E-state index contributed by atoms with van der Waals surface area (Å²) in [5.74, 6) is 0.329. The van der Waals surface area contributed by atoms with Gasteiger partial charge in [-0.3, -0.25) is 0 Å². The molecule has 0 saturated heterocycles. The summed E-state index contributed by atoms with van der Waals surface area (Å²) >= 11 is 0. The van der Waals surface area contributed by atoms with Crippen LogP contribution in [0, 0.1) is 0 Å². The van der Waals surface area contributed by atoms with Crippen molar-refractivity contribution in [3.8, 4) is 0 Å². The number of nitrogens with one attached hydrogen (secondary N) is 4. The Bertz CT molecular complexity index is 585. The van der Waals surface area contributed by atoms with E-state index in [1.165, 1.54) is 0 Å². The third kappa shape index (κ3) is 9.75. The molecular formula is C17H26F3N5O. The molecule has 0 radical (unpaired) electrons. The van der Waals surface area contributed by atoms with Crippen molar-refractivity contribution in [2.24, 2.45) is 4.99 Å². The lowest BCUT2D eigenvalue weighted by atomic mass is 10.2. The molecule has 0 aliphatic rings. The van der Waals surface area contributed by atoms with Gasteiger partial charge in [-0.15, -0.1) is 0 Å². The molecule has 0 bridgehead atoms. The number of alkyl halides is 3. The first-order chi connectivity index (χ1) is 12.2. The maximum atomic E-state index is 12.2. The molecular weight excluding hydrogens is 347 g/mol. The molecule has 0 fully saturated rings. The first kappa shape index (κ1) is 21.6. The van der Waals surface area contributed by atoms with Crippen LogP contribution in [0.3, 0.4) is 0 Å². The molecule has 146 valence electrons. The summed E-state index contributed by atoms with van der Waals surface area (Å²) in [7, 11) is 0. The van der Waals surface area contributed by atoms with Gasteiger partial charge in [0.25, 0.3) is 0 Å². The summed E-state index contributed by atoms with van der Waals surface area (Å²) in [6.45, 7) is 6.19. The lowest BCUT2D eigenvalue weighted by Gasteiger charge is -2.12. The third-order valence-corrected chi connectivity index (χ3v) is 3.10. The predicted octanol–water partition coefficient (Wildman–Crippen LogP) is 3.22. The maximum absolute atomic E-state index is 12.2. The summed E-state index contributed by atoms with van der Waals surface area (Å²) < 4.78 is 36.6. The van der Waals surface area contributed by atoms with Gasteiger partial charge in [0.15, 0.2) is 5.96 Å². The average Bonchev–Trinajstić information content (AvgIpc) is 2.52. The minimum Gasteiger partial charge on any atom is -0.357 e. The Morgan fingerprint density at radius 2 is 1.81 bits per heavy atom. The fourth-order valence-corrected chi connectivity index (χ4v) is 1.96. The molecule has 0 aliphatic carbocycles.